The zero-order valence-corrected chi connectivity index (χ0v) is 13.8. The minimum Gasteiger partial charge on any atom is -0.361 e. The van der Waals surface area contributed by atoms with Gasteiger partial charge in [0, 0.05) is 34.4 Å². The molecule has 0 aliphatic carbocycles. The van der Waals surface area contributed by atoms with E-state index in [2.05, 4.69) is 20.5 Å². The van der Waals surface area contributed by atoms with Crippen LogP contribution in [0.25, 0.3) is 10.9 Å². The molecule has 3 aromatic rings. The number of aromatic nitrogens is 1. The van der Waals surface area contributed by atoms with Crippen LogP contribution in [0.1, 0.15) is 17.2 Å². The molecule has 1 atom stereocenters. The van der Waals surface area contributed by atoms with Crippen LogP contribution in [0.2, 0.25) is 0 Å². The number of carbonyl (C=O) groups is 2. The Labute approximate surface area is 149 Å². The molecule has 1 aromatic heterocycles. The summed E-state index contributed by atoms with van der Waals surface area (Å²) in [5.41, 5.74) is 3.42. The molecule has 0 fully saturated rings. The Morgan fingerprint density at radius 2 is 1.92 bits per heavy atom. The van der Waals surface area contributed by atoms with Crippen LogP contribution in [0, 0.1) is 0 Å². The van der Waals surface area contributed by atoms with Gasteiger partial charge in [-0.2, -0.15) is 5.11 Å². The maximum absolute atomic E-state index is 12.6. The Morgan fingerprint density at radius 3 is 2.77 bits per heavy atom. The molecule has 6 nitrogen and oxygen atoms in total. The van der Waals surface area contributed by atoms with E-state index < -0.39 is 0 Å². The highest BCUT2D eigenvalue weighted by Gasteiger charge is 2.17. The lowest BCUT2D eigenvalue weighted by Gasteiger charge is -2.15. The maximum Gasteiger partial charge on any atom is 0.287 e. The molecule has 4 rings (SSSR count). The standard InChI is InChI=1S/C20H16N4O2/c25-19-10-9-18(23-24-19)15-6-2-4-8-17(15)22-20(26)11-13-12-21-16-7-3-1-5-14(13)16/h1-10,12,18,21H,11H2,(H,22,26). The minimum atomic E-state index is -0.378. The number of hydrogen-bond donors (Lipinski definition) is 2. The summed E-state index contributed by atoms with van der Waals surface area (Å²) in [5.74, 6) is -0.489. The fourth-order valence-corrected chi connectivity index (χ4v) is 3.04. The number of carbonyl (C=O) groups excluding carboxylic acids is 2. The Morgan fingerprint density at radius 1 is 1.12 bits per heavy atom. The Balaban J connectivity index is 1.54. The normalized spacial score (nSPS) is 16.2. The number of hydrogen-bond acceptors (Lipinski definition) is 3. The van der Waals surface area contributed by atoms with Gasteiger partial charge in [-0.05, 0) is 23.8 Å². The molecule has 26 heavy (non-hydrogen) atoms. The van der Waals surface area contributed by atoms with Gasteiger partial charge in [-0.1, -0.05) is 36.4 Å². The highest BCUT2D eigenvalue weighted by molar-refractivity contribution is 5.96. The second kappa shape index (κ2) is 6.76. The molecule has 6 heteroatoms. The first-order chi connectivity index (χ1) is 12.7. The summed E-state index contributed by atoms with van der Waals surface area (Å²) in [4.78, 5) is 26.9. The van der Waals surface area contributed by atoms with E-state index in [1.807, 2.05) is 54.7 Å². The highest BCUT2D eigenvalue weighted by Crippen LogP contribution is 2.29. The van der Waals surface area contributed by atoms with Gasteiger partial charge in [-0.25, -0.2) is 0 Å². The van der Waals surface area contributed by atoms with Gasteiger partial charge in [0.25, 0.3) is 5.91 Å². The highest BCUT2D eigenvalue weighted by atomic mass is 16.2. The van der Waals surface area contributed by atoms with Crippen LogP contribution in [0.4, 0.5) is 5.69 Å². The number of amides is 2. The summed E-state index contributed by atoms with van der Waals surface area (Å²) in [6.45, 7) is 0. The van der Waals surface area contributed by atoms with Crippen molar-refractivity contribution in [3.05, 3.63) is 78.0 Å². The molecular formula is C20H16N4O2. The van der Waals surface area contributed by atoms with Crippen LogP contribution in [0.5, 0.6) is 0 Å². The fourth-order valence-electron chi connectivity index (χ4n) is 3.04. The molecule has 2 heterocycles. The first kappa shape index (κ1) is 16.0. The average Bonchev–Trinajstić information content (AvgIpc) is 3.06. The van der Waals surface area contributed by atoms with Crippen LogP contribution in [-0.4, -0.2) is 16.8 Å². The number of azo groups is 1. The van der Waals surface area contributed by atoms with Crippen molar-refractivity contribution in [2.75, 3.05) is 5.32 Å². The molecule has 1 aliphatic heterocycles. The van der Waals surface area contributed by atoms with Gasteiger partial charge in [0.2, 0.25) is 5.91 Å². The Bertz CT molecular complexity index is 1030. The molecule has 1 unspecified atom stereocenters. The Hall–Kier alpha value is -3.54. The zero-order chi connectivity index (χ0) is 17.9. The number of aromatic amines is 1. The van der Waals surface area contributed by atoms with Gasteiger partial charge in [-0.15, -0.1) is 5.11 Å². The number of nitrogens with zero attached hydrogens (tertiary/aromatic N) is 2. The number of rotatable bonds is 4. The lowest BCUT2D eigenvalue weighted by atomic mass is 10.0. The number of para-hydroxylation sites is 2. The monoisotopic (exact) mass is 344 g/mol. The van der Waals surface area contributed by atoms with Crippen LogP contribution < -0.4 is 5.32 Å². The lowest BCUT2D eigenvalue weighted by Crippen LogP contribution is -2.16. The van der Waals surface area contributed by atoms with E-state index in [4.69, 9.17) is 0 Å². The van der Waals surface area contributed by atoms with E-state index in [9.17, 15) is 9.59 Å². The van der Waals surface area contributed by atoms with Crippen molar-refractivity contribution in [1.82, 2.24) is 4.98 Å². The van der Waals surface area contributed by atoms with Crippen LogP contribution in [0.15, 0.2) is 77.1 Å². The van der Waals surface area contributed by atoms with E-state index in [1.165, 1.54) is 6.08 Å². The van der Waals surface area contributed by atoms with Gasteiger partial charge in [0.15, 0.2) is 0 Å². The van der Waals surface area contributed by atoms with Crippen molar-refractivity contribution in [2.24, 2.45) is 10.2 Å². The summed E-state index contributed by atoms with van der Waals surface area (Å²) >= 11 is 0. The molecule has 0 saturated heterocycles. The number of fused-ring (bicyclic) bond motifs is 1. The van der Waals surface area contributed by atoms with Crippen molar-refractivity contribution in [1.29, 1.82) is 0 Å². The minimum absolute atomic E-state index is 0.116. The van der Waals surface area contributed by atoms with Gasteiger partial charge in [0.05, 0.1) is 6.42 Å². The topological polar surface area (TPSA) is 86.7 Å². The fraction of sp³-hybridized carbons (Fsp3) is 0.100. The van der Waals surface area contributed by atoms with Crippen LogP contribution in [0.3, 0.4) is 0 Å². The summed E-state index contributed by atoms with van der Waals surface area (Å²) in [6, 6.07) is 14.9. The number of H-pyrrole nitrogens is 1. The molecule has 2 amide bonds. The van der Waals surface area contributed by atoms with Crippen molar-refractivity contribution in [2.45, 2.75) is 12.5 Å². The molecule has 0 bridgehead atoms. The molecule has 2 N–H and O–H groups in total. The van der Waals surface area contributed by atoms with Gasteiger partial charge in [0.1, 0.15) is 6.04 Å². The van der Waals surface area contributed by atoms with Crippen molar-refractivity contribution < 1.29 is 9.59 Å². The predicted molar refractivity (Wildman–Crippen MR) is 98.8 cm³/mol. The van der Waals surface area contributed by atoms with Gasteiger partial charge in [-0.3, -0.25) is 9.59 Å². The summed E-state index contributed by atoms with van der Waals surface area (Å²) in [5, 5.41) is 11.6. The lowest BCUT2D eigenvalue weighted by molar-refractivity contribution is -0.116. The van der Waals surface area contributed by atoms with E-state index in [1.54, 1.807) is 6.08 Å². The number of anilines is 1. The maximum atomic E-state index is 12.6. The third-order valence-electron chi connectivity index (χ3n) is 4.28. The largest absolute Gasteiger partial charge is 0.361 e. The van der Waals surface area contributed by atoms with Crippen LogP contribution >= 0.6 is 0 Å². The first-order valence-electron chi connectivity index (χ1n) is 8.27. The molecule has 1 aliphatic rings. The molecule has 128 valence electrons. The molecule has 2 aromatic carbocycles. The first-order valence-corrected chi connectivity index (χ1v) is 8.27. The van der Waals surface area contributed by atoms with Crippen LogP contribution in [-0.2, 0) is 16.0 Å². The number of nitrogens with one attached hydrogen (secondary N) is 2. The van der Waals surface area contributed by atoms with Gasteiger partial charge >= 0.3 is 0 Å². The number of benzene rings is 2. The second-order valence-corrected chi connectivity index (χ2v) is 6.03. The summed E-state index contributed by atoms with van der Waals surface area (Å²) < 4.78 is 0. The third kappa shape index (κ3) is 3.17. The van der Waals surface area contributed by atoms with E-state index in [0.717, 1.165) is 22.0 Å². The SMILES string of the molecule is O=C1C=CC(c2ccccc2NC(=O)Cc2c[nH]c3ccccc23)N=N1. The smallest absolute Gasteiger partial charge is 0.287 e. The second-order valence-electron chi connectivity index (χ2n) is 6.03. The summed E-state index contributed by atoms with van der Waals surface area (Å²) in [6.07, 6.45) is 5.20. The van der Waals surface area contributed by atoms with E-state index in [-0.39, 0.29) is 24.3 Å². The van der Waals surface area contributed by atoms with E-state index >= 15 is 0 Å². The summed E-state index contributed by atoms with van der Waals surface area (Å²) in [7, 11) is 0. The third-order valence-corrected chi connectivity index (χ3v) is 4.28. The average molecular weight is 344 g/mol. The van der Waals surface area contributed by atoms with Gasteiger partial charge < -0.3 is 10.3 Å². The predicted octanol–water partition coefficient (Wildman–Crippen LogP) is 3.94. The van der Waals surface area contributed by atoms with Crippen molar-refractivity contribution in [3.8, 4) is 0 Å². The quantitative estimate of drug-likeness (QED) is 0.751. The molecular weight excluding hydrogens is 328 g/mol. The van der Waals surface area contributed by atoms with Crippen molar-refractivity contribution in [3.63, 3.8) is 0 Å². The van der Waals surface area contributed by atoms with Crippen molar-refractivity contribution >= 4 is 28.4 Å². The molecule has 0 radical (unpaired) electrons. The molecule has 0 saturated carbocycles. The Kier molecular flexibility index (Phi) is 4.15. The molecule has 0 spiro atoms. The van der Waals surface area contributed by atoms with E-state index in [0.29, 0.717) is 5.69 Å². The zero-order valence-electron chi connectivity index (χ0n) is 13.8.